The highest BCUT2D eigenvalue weighted by molar-refractivity contribution is 6.28. The second-order valence-electron chi connectivity index (χ2n) is 8.65. The molecule has 0 heterocycles. The van der Waals surface area contributed by atoms with E-state index < -0.39 is 0 Å². The minimum atomic E-state index is -0.0993. The lowest BCUT2D eigenvalue weighted by molar-refractivity contribution is 0.0978. The molecule has 3 rings (SSSR count). The Morgan fingerprint density at radius 3 is 1.21 bits per heavy atom. The minimum Gasteiger partial charge on any atom is -0.289 e. The highest BCUT2D eigenvalue weighted by Gasteiger charge is 2.34. The average Bonchev–Trinajstić information content (AvgIpc) is 2.49. The van der Waals surface area contributed by atoms with E-state index in [0.29, 0.717) is 22.3 Å². The molecule has 0 unspecified atom stereocenters. The summed E-state index contributed by atoms with van der Waals surface area (Å²) in [5.41, 5.74) is 4.17. The number of ketones is 2. The Labute approximate surface area is 143 Å². The number of carbonyl (C=O) groups excluding carboxylic acids is 2. The molecule has 2 aromatic carbocycles. The van der Waals surface area contributed by atoms with E-state index in [1.165, 1.54) is 0 Å². The molecule has 0 atom stereocenters. The lowest BCUT2D eigenvalue weighted by Gasteiger charge is -2.32. The Morgan fingerprint density at radius 2 is 0.917 bits per heavy atom. The maximum atomic E-state index is 12.9. The normalized spacial score (nSPS) is 14.4. The van der Waals surface area contributed by atoms with Crippen LogP contribution in [-0.4, -0.2) is 11.6 Å². The quantitative estimate of drug-likeness (QED) is 0.580. The second-order valence-corrected chi connectivity index (χ2v) is 8.65. The summed E-state index contributed by atoms with van der Waals surface area (Å²) in [5, 5.41) is 0. The van der Waals surface area contributed by atoms with Crippen molar-refractivity contribution in [2.75, 3.05) is 0 Å². The molecule has 0 amide bonds. The largest absolute Gasteiger partial charge is 0.289 e. The molecule has 0 bridgehead atoms. The van der Waals surface area contributed by atoms with Crippen LogP contribution in [0, 0.1) is 0 Å². The number of hydrogen-bond acceptors (Lipinski definition) is 2. The molecular formula is C22H24O2. The lowest BCUT2D eigenvalue weighted by Crippen LogP contribution is -2.27. The van der Waals surface area contributed by atoms with Crippen LogP contribution < -0.4 is 0 Å². The number of rotatable bonds is 0. The van der Waals surface area contributed by atoms with Gasteiger partial charge in [0.1, 0.15) is 0 Å². The Balaban J connectivity index is 2.34. The number of fused-ring (bicyclic) bond motifs is 2. The molecule has 2 heteroatoms. The molecule has 1 aliphatic rings. The third kappa shape index (κ3) is 2.50. The fourth-order valence-electron chi connectivity index (χ4n) is 3.39. The number of benzene rings is 2. The van der Waals surface area contributed by atoms with Crippen molar-refractivity contribution in [3.63, 3.8) is 0 Å². The van der Waals surface area contributed by atoms with E-state index in [-0.39, 0.29) is 22.4 Å². The summed E-state index contributed by atoms with van der Waals surface area (Å²) in [7, 11) is 0. The van der Waals surface area contributed by atoms with Crippen LogP contribution in [0.3, 0.4) is 0 Å². The van der Waals surface area contributed by atoms with E-state index in [1.807, 2.05) is 24.3 Å². The molecule has 0 N–H and O–H groups in total. The highest BCUT2D eigenvalue weighted by atomic mass is 16.1. The van der Waals surface area contributed by atoms with Gasteiger partial charge in [-0.15, -0.1) is 0 Å². The molecule has 0 radical (unpaired) electrons. The molecule has 0 saturated carbocycles. The van der Waals surface area contributed by atoms with Crippen molar-refractivity contribution in [2.45, 2.75) is 52.4 Å². The topological polar surface area (TPSA) is 34.1 Å². The third-order valence-corrected chi connectivity index (χ3v) is 4.68. The Kier molecular flexibility index (Phi) is 3.56. The summed E-state index contributed by atoms with van der Waals surface area (Å²) in [6, 6.07) is 11.0. The molecule has 24 heavy (non-hydrogen) atoms. The minimum absolute atomic E-state index is 0.0499. The van der Waals surface area contributed by atoms with Crippen LogP contribution in [-0.2, 0) is 10.8 Å². The van der Waals surface area contributed by atoms with E-state index in [0.717, 1.165) is 11.1 Å². The van der Waals surface area contributed by atoms with Gasteiger partial charge >= 0.3 is 0 Å². The smallest absolute Gasteiger partial charge is 0.194 e. The molecule has 124 valence electrons. The SMILES string of the molecule is CC(C)(C)c1cc2c(cc1C(C)(C)C)C(=O)c1ccccc1C2=O. The molecular weight excluding hydrogens is 296 g/mol. The van der Waals surface area contributed by atoms with Gasteiger partial charge in [-0.25, -0.2) is 0 Å². The van der Waals surface area contributed by atoms with Crippen molar-refractivity contribution in [3.05, 3.63) is 69.8 Å². The van der Waals surface area contributed by atoms with Gasteiger partial charge in [-0.1, -0.05) is 65.8 Å². The van der Waals surface area contributed by atoms with Gasteiger partial charge in [-0.2, -0.15) is 0 Å². The molecule has 0 aliphatic heterocycles. The van der Waals surface area contributed by atoms with Crippen LogP contribution in [0.25, 0.3) is 0 Å². The van der Waals surface area contributed by atoms with Crippen LogP contribution in [0.5, 0.6) is 0 Å². The van der Waals surface area contributed by atoms with Gasteiger partial charge in [0.15, 0.2) is 11.6 Å². The van der Waals surface area contributed by atoms with Crippen molar-refractivity contribution in [3.8, 4) is 0 Å². The van der Waals surface area contributed by atoms with E-state index in [9.17, 15) is 9.59 Å². The van der Waals surface area contributed by atoms with Gasteiger partial charge in [0.05, 0.1) is 0 Å². The molecule has 2 aromatic rings. The summed E-state index contributed by atoms with van der Waals surface area (Å²) in [6.45, 7) is 12.9. The maximum Gasteiger partial charge on any atom is 0.194 e. The zero-order chi connectivity index (χ0) is 17.9. The summed E-state index contributed by atoms with van der Waals surface area (Å²) in [4.78, 5) is 25.9. The van der Waals surface area contributed by atoms with Gasteiger partial charge in [0.25, 0.3) is 0 Å². The van der Waals surface area contributed by atoms with E-state index >= 15 is 0 Å². The first kappa shape index (κ1) is 16.6. The molecule has 0 aromatic heterocycles. The van der Waals surface area contributed by atoms with Crippen LogP contribution in [0.1, 0.15) is 84.5 Å². The summed E-state index contributed by atoms with van der Waals surface area (Å²) < 4.78 is 0. The molecule has 1 aliphatic carbocycles. The van der Waals surface area contributed by atoms with Gasteiger partial charge < -0.3 is 0 Å². The average molecular weight is 320 g/mol. The fourth-order valence-corrected chi connectivity index (χ4v) is 3.39. The van der Waals surface area contributed by atoms with Crippen LogP contribution >= 0.6 is 0 Å². The Morgan fingerprint density at radius 1 is 0.583 bits per heavy atom. The van der Waals surface area contributed by atoms with E-state index in [2.05, 4.69) is 41.5 Å². The number of carbonyl (C=O) groups is 2. The van der Waals surface area contributed by atoms with Crippen molar-refractivity contribution in [2.24, 2.45) is 0 Å². The zero-order valence-corrected chi connectivity index (χ0v) is 15.3. The second kappa shape index (κ2) is 5.14. The van der Waals surface area contributed by atoms with Crippen molar-refractivity contribution in [1.82, 2.24) is 0 Å². The van der Waals surface area contributed by atoms with Gasteiger partial charge in [-0.3, -0.25) is 9.59 Å². The Bertz CT molecular complexity index is 787. The molecule has 0 saturated heterocycles. The van der Waals surface area contributed by atoms with Crippen LogP contribution in [0.2, 0.25) is 0 Å². The van der Waals surface area contributed by atoms with Gasteiger partial charge in [0.2, 0.25) is 0 Å². The zero-order valence-electron chi connectivity index (χ0n) is 15.3. The van der Waals surface area contributed by atoms with Gasteiger partial charge in [0, 0.05) is 22.3 Å². The molecule has 2 nitrogen and oxygen atoms in total. The van der Waals surface area contributed by atoms with Crippen LogP contribution in [0.4, 0.5) is 0 Å². The lowest BCUT2D eigenvalue weighted by atomic mass is 9.71. The van der Waals surface area contributed by atoms with Crippen LogP contribution in [0.15, 0.2) is 36.4 Å². The van der Waals surface area contributed by atoms with Crippen molar-refractivity contribution in [1.29, 1.82) is 0 Å². The first-order valence-corrected chi connectivity index (χ1v) is 8.39. The number of hydrogen-bond donors (Lipinski definition) is 0. The molecule has 0 spiro atoms. The standard InChI is InChI=1S/C22H24O2/c1-21(2,3)17-11-15-16(12-18(17)22(4,5)6)20(24)14-10-8-7-9-13(14)19(15)23/h7-12H,1-6H3. The van der Waals surface area contributed by atoms with Crippen molar-refractivity contribution >= 4 is 11.6 Å². The van der Waals surface area contributed by atoms with Crippen molar-refractivity contribution < 1.29 is 9.59 Å². The molecule has 0 fully saturated rings. The monoisotopic (exact) mass is 320 g/mol. The first-order chi connectivity index (χ1) is 11.0. The summed E-state index contributed by atoms with van der Waals surface area (Å²) in [5.74, 6) is -0.0997. The third-order valence-electron chi connectivity index (χ3n) is 4.68. The fraction of sp³-hybridized carbons (Fsp3) is 0.364. The highest BCUT2D eigenvalue weighted by Crippen LogP contribution is 2.38. The summed E-state index contributed by atoms with van der Waals surface area (Å²) >= 11 is 0. The van der Waals surface area contributed by atoms with E-state index in [4.69, 9.17) is 0 Å². The predicted molar refractivity (Wildman–Crippen MR) is 97.1 cm³/mol. The Hall–Kier alpha value is -2.22. The predicted octanol–water partition coefficient (Wildman–Crippen LogP) is 5.06. The first-order valence-electron chi connectivity index (χ1n) is 8.39. The van der Waals surface area contributed by atoms with E-state index in [1.54, 1.807) is 12.1 Å². The van der Waals surface area contributed by atoms with Gasteiger partial charge in [-0.05, 0) is 34.1 Å². The summed E-state index contributed by atoms with van der Waals surface area (Å²) in [6.07, 6.45) is 0. The maximum absolute atomic E-state index is 12.9.